The number of ketones is 1. The van der Waals surface area contributed by atoms with Crippen LogP contribution < -0.4 is 10.6 Å². The lowest BCUT2D eigenvalue weighted by atomic mass is 9.92. The molecule has 2 aromatic rings. The molecule has 1 aromatic carbocycles. The standard InChI is InChI=1S/C24H30FN3O5S/c1-13-12-17(8-11-19(13)25)28(16-6-9-18(10-7-16)34(5,32)33)24(31)22(29)21-14(2)20(23(26)30)15(3)27(21)4/h8,11-12,16,18H,6-7,9-10H2,1-5H3,(H2,26,30). The SMILES string of the molecule is Cc1cc(N(C(=O)C(=O)c2c(C)c(C(N)=O)c(C)n2C)C2CCC(S(C)(=O)=O)CC2)ccc1F. The summed E-state index contributed by atoms with van der Waals surface area (Å²) in [6, 6.07) is 3.74. The number of aryl methyl sites for hydroxylation is 1. The van der Waals surface area contributed by atoms with Gasteiger partial charge in [-0.2, -0.15) is 0 Å². The van der Waals surface area contributed by atoms with Crippen molar-refractivity contribution in [3.8, 4) is 0 Å². The van der Waals surface area contributed by atoms with Crippen molar-refractivity contribution in [2.24, 2.45) is 12.8 Å². The van der Waals surface area contributed by atoms with Crippen molar-refractivity contribution < 1.29 is 27.2 Å². The van der Waals surface area contributed by atoms with Crippen LogP contribution in [0.15, 0.2) is 18.2 Å². The van der Waals surface area contributed by atoms with Gasteiger partial charge in [0.05, 0.1) is 16.5 Å². The number of carbonyl (C=O) groups excluding carboxylic acids is 3. The molecule has 0 aliphatic heterocycles. The maximum atomic E-state index is 14.0. The van der Waals surface area contributed by atoms with Crippen molar-refractivity contribution in [1.29, 1.82) is 0 Å². The van der Waals surface area contributed by atoms with E-state index in [9.17, 15) is 27.2 Å². The van der Waals surface area contributed by atoms with Gasteiger partial charge in [-0.25, -0.2) is 12.8 Å². The Morgan fingerprint density at radius 3 is 2.15 bits per heavy atom. The molecule has 0 radical (unpaired) electrons. The zero-order chi connectivity index (χ0) is 25.5. The maximum absolute atomic E-state index is 14.0. The number of benzene rings is 1. The first-order valence-electron chi connectivity index (χ1n) is 11.0. The van der Waals surface area contributed by atoms with Crippen molar-refractivity contribution in [3.05, 3.63) is 52.1 Å². The Hall–Kier alpha value is -3.01. The summed E-state index contributed by atoms with van der Waals surface area (Å²) >= 11 is 0. The lowest BCUT2D eigenvalue weighted by Gasteiger charge is -2.36. The van der Waals surface area contributed by atoms with E-state index in [-0.39, 0.29) is 11.3 Å². The minimum absolute atomic E-state index is 0.0601. The molecule has 2 amide bonds. The summed E-state index contributed by atoms with van der Waals surface area (Å²) in [4.78, 5) is 40.4. The Balaban J connectivity index is 2.04. The zero-order valence-corrected chi connectivity index (χ0v) is 20.8. The minimum atomic E-state index is -3.22. The van der Waals surface area contributed by atoms with Gasteiger partial charge in [-0.1, -0.05) is 0 Å². The number of sulfone groups is 1. The van der Waals surface area contributed by atoms with E-state index in [1.54, 1.807) is 27.8 Å². The average Bonchev–Trinajstić information content (AvgIpc) is 2.98. The molecule has 1 fully saturated rings. The lowest BCUT2D eigenvalue weighted by molar-refractivity contribution is -0.115. The Bertz CT molecular complexity index is 1270. The number of primary amides is 1. The third-order valence-corrected chi connectivity index (χ3v) is 8.52. The predicted molar refractivity (Wildman–Crippen MR) is 127 cm³/mol. The molecule has 10 heteroatoms. The molecule has 184 valence electrons. The number of hydrogen-bond acceptors (Lipinski definition) is 5. The second-order valence-electron chi connectivity index (χ2n) is 9.06. The molecule has 1 aliphatic rings. The van der Waals surface area contributed by atoms with Crippen LogP contribution in [0.3, 0.4) is 0 Å². The Kier molecular flexibility index (Phi) is 7.02. The molecule has 0 bridgehead atoms. The fourth-order valence-electron chi connectivity index (χ4n) is 4.88. The van der Waals surface area contributed by atoms with Crippen LogP contribution in [0.2, 0.25) is 0 Å². The van der Waals surface area contributed by atoms with E-state index < -0.39 is 44.5 Å². The zero-order valence-electron chi connectivity index (χ0n) is 20.0. The number of nitrogens with two attached hydrogens (primary N) is 1. The van der Waals surface area contributed by atoms with Gasteiger partial charge in [0.2, 0.25) is 0 Å². The largest absolute Gasteiger partial charge is 0.366 e. The number of halogens is 1. The van der Waals surface area contributed by atoms with Gasteiger partial charge in [0, 0.05) is 30.7 Å². The summed E-state index contributed by atoms with van der Waals surface area (Å²) in [7, 11) is -1.64. The predicted octanol–water partition coefficient (Wildman–Crippen LogP) is 2.76. The molecule has 0 spiro atoms. The van der Waals surface area contributed by atoms with Crippen LogP contribution in [0, 0.1) is 26.6 Å². The molecule has 0 saturated heterocycles. The molecule has 2 N–H and O–H groups in total. The van der Waals surface area contributed by atoms with Gasteiger partial charge in [0.15, 0.2) is 0 Å². The van der Waals surface area contributed by atoms with Crippen LogP contribution in [0.25, 0.3) is 0 Å². The fraction of sp³-hybridized carbons (Fsp3) is 0.458. The van der Waals surface area contributed by atoms with Crippen LogP contribution in [0.5, 0.6) is 0 Å². The molecule has 3 rings (SSSR count). The average molecular weight is 492 g/mol. The Morgan fingerprint density at radius 2 is 1.68 bits per heavy atom. The highest BCUT2D eigenvalue weighted by atomic mass is 32.2. The summed E-state index contributed by atoms with van der Waals surface area (Å²) in [6.45, 7) is 4.77. The van der Waals surface area contributed by atoms with Gasteiger partial charge in [0.1, 0.15) is 15.7 Å². The minimum Gasteiger partial charge on any atom is -0.366 e. The number of hydrogen-bond donors (Lipinski definition) is 1. The lowest BCUT2D eigenvalue weighted by Crippen LogP contribution is -2.47. The normalized spacial score (nSPS) is 18.5. The number of anilines is 1. The molecule has 0 atom stereocenters. The number of amides is 2. The van der Waals surface area contributed by atoms with Gasteiger partial charge in [-0.3, -0.25) is 14.4 Å². The third kappa shape index (κ3) is 4.64. The number of rotatable bonds is 6. The van der Waals surface area contributed by atoms with Crippen LogP contribution >= 0.6 is 0 Å². The highest BCUT2D eigenvalue weighted by Crippen LogP contribution is 2.32. The first-order chi connectivity index (χ1) is 15.8. The quantitative estimate of drug-likeness (QED) is 0.492. The van der Waals surface area contributed by atoms with E-state index >= 15 is 0 Å². The summed E-state index contributed by atoms with van der Waals surface area (Å²) in [5.41, 5.74) is 7.20. The summed E-state index contributed by atoms with van der Waals surface area (Å²) < 4.78 is 39.4. The second-order valence-corrected chi connectivity index (χ2v) is 11.4. The van der Waals surface area contributed by atoms with Crippen molar-refractivity contribution >= 4 is 33.1 Å². The van der Waals surface area contributed by atoms with Crippen molar-refractivity contribution in [1.82, 2.24) is 4.57 Å². The monoisotopic (exact) mass is 491 g/mol. The highest BCUT2D eigenvalue weighted by molar-refractivity contribution is 7.91. The molecule has 1 heterocycles. The van der Waals surface area contributed by atoms with Crippen LogP contribution in [-0.4, -0.2) is 48.1 Å². The first-order valence-corrected chi connectivity index (χ1v) is 13.0. The molecular weight excluding hydrogens is 461 g/mol. The molecule has 1 aliphatic carbocycles. The maximum Gasteiger partial charge on any atom is 0.301 e. The number of Topliss-reactive ketones (excluding diaryl/α,β-unsaturated/α-hetero) is 1. The van der Waals surface area contributed by atoms with Crippen LogP contribution in [0.4, 0.5) is 10.1 Å². The van der Waals surface area contributed by atoms with E-state index in [2.05, 4.69) is 0 Å². The van der Waals surface area contributed by atoms with Gasteiger partial charge in [-0.05, 0) is 75.8 Å². The first kappa shape index (κ1) is 25.6. The van der Waals surface area contributed by atoms with Crippen molar-refractivity contribution in [3.63, 3.8) is 0 Å². The highest BCUT2D eigenvalue weighted by Gasteiger charge is 2.38. The molecular formula is C24H30FN3O5S. The van der Waals surface area contributed by atoms with Crippen molar-refractivity contribution in [2.45, 2.75) is 57.7 Å². The van der Waals surface area contributed by atoms with Crippen LogP contribution in [-0.2, 0) is 21.7 Å². The summed E-state index contributed by atoms with van der Waals surface area (Å²) in [5.74, 6) is -2.78. The number of carbonyl (C=O) groups is 3. The number of nitrogens with zero attached hydrogens (tertiary/aromatic N) is 2. The third-order valence-electron chi connectivity index (χ3n) is 6.84. The van der Waals surface area contributed by atoms with E-state index in [0.29, 0.717) is 48.2 Å². The van der Waals surface area contributed by atoms with Crippen LogP contribution in [0.1, 0.15) is 63.4 Å². The molecule has 1 saturated carbocycles. The van der Waals surface area contributed by atoms with Gasteiger partial charge < -0.3 is 15.2 Å². The Labute approximate surface area is 198 Å². The second kappa shape index (κ2) is 9.32. The molecule has 1 aromatic heterocycles. The molecule has 0 unspecified atom stereocenters. The van der Waals surface area contributed by atoms with E-state index in [0.717, 1.165) is 0 Å². The Morgan fingerprint density at radius 1 is 1.09 bits per heavy atom. The van der Waals surface area contributed by atoms with Gasteiger partial charge in [-0.15, -0.1) is 0 Å². The van der Waals surface area contributed by atoms with E-state index in [1.165, 1.54) is 33.9 Å². The van der Waals surface area contributed by atoms with Crippen molar-refractivity contribution in [2.75, 3.05) is 11.2 Å². The fourth-order valence-corrected chi connectivity index (χ4v) is 6.01. The van der Waals surface area contributed by atoms with Gasteiger partial charge >= 0.3 is 5.91 Å². The van der Waals surface area contributed by atoms with Gasteiger partial charge in [0.25, 0.3) is 11.7 Å². The van der Waals surface area contributed by atoms with E-state index in [1.807, 2.05) is 0 Å². The number of aromatic nitrogens is 1. The smallest absolute Gasteiger partial charge is 0.301 e. The summed E-state index contributed by atoms with van der Waals surface area (Å²) in [5, 5.41) is -0.498. The molecule has 8 nitrogen and oxygen atoms in total. The summed E-state index contributed by atoms with van der Waals surface area (Å²) in [6.07, 6.45) is 2.67. The topological polar surface area (TPSA) is 120 Å². The van der Waals surface area contributed by atoms with E-state index in [4.69, 9.17) is 5.73 Å². The molecule has 34 heavy (non-hydrogen) atoms.